The topological polar surface area (TPSA) is 76.6 Å². The second kappa shape index (κ2) is 7.57. The van der Waals surface area contributed by atoms with Crippen LogP contribution in [-0.4, -0.2) is 53.3 Å². The standard InChI is InChI=1S/C25H22ClN3O3/c1-28(2)24(31)14-7-8-19-15(9-14)10-20(27-19)25(32)29-13-16(12-26)23-18-6-4-3-5-17(18)22(30)11-21(23)29/h3-11,16,27,30H,12-13H2,1-2H3. The lowest BCUT2D eigenvalue weighted by Crippen LogP contribution is -2.30. The van der Waals surface area contributed by atoms with Crippen molar-refractivity contribution < 1.29 is 14.7 Å². The van der Waals surface area contributed by atoms with Crippen LogP contribution in [0.25, 0.3) is 21.7 Å². The molecule has 2 amide bonds. The molecule has 1 aliphatic heterocycles. The van der Waals surface area contributed by atoms with Gasteiger partial charge in [-0.15, -0.1) is 11.6 Å². The van der Waals surface area contributed by atoms with Crippen molar-refractivity contribution in [3.63, 3.8) is 0 Å². The molecule has 2 heterocycles. The zero-order valence-electron chi connectivity index (χ0n) is 17.7. The van der Waals surface area contributed by atoms with E-state index in [0.717, 1.165) is 27.2 Å². The molecule has 3 aromatic carbocycles. The lowest BCUT2D eigenvalue weighted by atomic mass is 9.95. The molecule has 2 N–H and O–H groups in total. The van der Waals surface area contributed by atoms with E-state index in [9.17, 15) is 14.7 Å². The number of alkyl halides is 1. The average Bonchev–Trinajstić information content (AvgIpc) is 3.39. The number of phenolic OH excluding ortho intramolecular Hbond substituents is 1. The predicted molar refractivity (Wildman–Crippen MR) is 127 cm³/mol. The zero-order valence-corrected chi connectivity index (χ0v) is 18.5. The average molecular weight is 448 g/mol. The van der Waals surface area contributed by atoms with Crippen LogP contribution in [0, 0.1) is 0 Å². The lowest BCUT2D eigenvalue weighted by Gasteiger charge is -2.17. The Morgan fingerprint density at radius 3 is 2.59 bits per heavy atom. The molecule has 32 heavy (non-hydrogen) atoms. The minimum Gasteiger partial charge on any atom is -0.507 e. The van der Waals surface area contributed by atoms with Gasteiger partial charge < -0.3 is 19.9 Å². The van der Waals surface area contributed by atoms with Gasteiger partial charge in [0.15, 0.2) is 0 Å². The second-order valence-corrected chi connectivity index (χ2v) is 8.63. The number of hydrogen-bond acceptors (Lipinski definition) is 3. The van der Waals surface area contributed by atoms with Crippen LogP contribution >= 0.6 is 11.6 Å². The van der Waals surface area contributed by atoms with Crippen molar-refractivity contribution in [1.29, 1.82) is 0 Å². The smallest absolute Gasteiger partial charge is 0.274 e. The molecule has 162 valence electrons. The molecule has 0 saturated carbocycles. The molecule has 6 nitrogen and oxygen atoms in total. The fraction of sp³-hybridized carbons (Fsp3) is 0.200. The number of nitrogens with zero attached hydrogens (tertiary/aromatic N) is 2. The van der Waals surface area contributed by atoms with Gasteiger partial charge >= 0.3 is 0 Å². The Labute approximate surface area is 190 Å². The molecule has 5 rings (SSSR count). The summed E-state index contributed by atoms with van der Waals surface area (Å²) in [6.07, 6.45) is 0. The van der Waals surface area contributed by atoms with E-state index < -0.39 is 0 Å². The molecule has 0 spiro atoms. The number of amides is 2. The van der Waals surface area contributed by atoms with E-state index in [1.165, 1.54) is 4.90 Å². The van der Waals surface area contributed by atoms with Gasteiger partial charge in [0, 0.05) is 60.4 Å². The van der Waals surface area contributed by atoms with E-state index >= 15 is 0 Å². The normalized spacial score (nSPS) is 15.3. The van der Waals surface area contributed by atoms with Gasteiger partial charge in [0.1, 0.15) is 11.4 Å². The van der Waals surface area contributed by atoms with Crippen LogP contribution in [-0.2, 0) is 0 Å². The number of benzene rings is 3. The first-order valence-electron chi connectivity index (χ1n) is 10.4. The van der Waals surface area contributed by atoms with Gasteiger partial charge in [-0.2, -0.15) is 0 Å². The molecule has 0 aliphatic carbocycles. The highest BCUT2D eigenvalue weighted by atomic mass is 35.5. The Hall–Kier alpha value is -3.51. The quantitative estimate of drug-likeness (QED) is 0.446. The number of carbonyl (C=O) groups is 2. The predicted octanol–water partition coefficient (Wildman–Crippen LogP) is 4.71. The summed E-state index contributed by atoms with van der Waals surface area (Å²) in [5.41, 5.74) is 3.42. The summed E-state index contributed by atoms with van der Waals surface area (Å²) >= 11 is 6.28. The molecular weight excluding hydrogens is 426 g/mol. The highest BCUT2D eigenvalue weighted by molar-refractivity contribution is 6.19. The van der Waals surface area contributed by atoms with Crippen molar-refractivity contribution in [3.8, 4) is 5.75 Å². The Morgan fingerprint density at radius 2 is 1.88 bits per heavy atom. The van der Waals surface area contributed by atoms with E-state index in [1.807, 2.05) is 30.3 Å². The number of nitrogens with one attached hydrogen (secondary N) is 1. The maximum Gasteiger partial charge on any atom is 0.274 e. The first-order chi connectivity index (χ1) is 15.4. The Bertz CT molecular complexity index is 1390. The van der Waals surface area contributed by atoms with Gasteiger partial charge in [-0.3, -0.25) is 9.59 Å². The van der Waals surface area contributed by atoms with Gasteiger partial charge in [0.2, 0.25) is 0 Å². The van der Waals surface area contributed by atoms with Crippen LogP contribution in [0.3, 0.4) is 0 Å². The van der Waals surface area contributed by atoms with Crippen molar-refractivity contribution in [2.24, 2.45) is 0 Å². The van der Waals surface area contributed by atoms with Gasteiger partial charge in [0.05, 0.1) is 5.69 Å². The molecule has 0 radical (unpaired) electrons. The van der Waals surface area contributed by atoms with Crippen LogP contribution in [0.1, 0.15) is 32.3 Å². The first-order valence-corrected chi connectivity index (χ1v) is 10.9. The number of hydrogen-bond donors (Lipinski definition) is 2. The summed E-state index contributed by atoms with van der Waals surface area (Å²) in [5, 5.41) is 13.0. The number of aromatic hydroxyl groups is 1. The first kappa shape index (κ1) is 20.4. The number of carbonyl (C=O) groups excluding carboxylic acids is 2. The highest BCUT2D eigenvalue weighted by Crippen LogP contribution is 2.45. The number of fused-ring (bicyclic) bond motifs is 4. The van der Waals surface area contributed by atoms with Crippen molar-refractivity contribution >= 4 is 50.8 Å². The second-order valence-electron chi connectivity index (χ2n) is 8.33. The van der Waals surface area contributed by atoms with Crippen molar-refractivity contribution in [2.45, 2.75) is 5.92 Å². The molecule has 0 bridgehead atoms. The van der Waals surface area contributed by atoms with Crippen LogP contribution in [0.2, 0.25) is 0 Å². The maximum atomic E-state index is 13.5. The van der Waals surface area contributed by atoms with Gasteiger partial charge in [-0.05, 0) is 35.2 Å². The van der Waals surface area contributed by atoms with Crippen LogP contribution in [0.15, 0.2) is 54.6 Å². The van der Waals surface area contributed by atoms with E-state index in [1.54, 1.807) is 43.3 Å². The zero-order chi connectivity index (χ0) is 22.6. The molecule has 0 saturated heterocycles. The molecule has 0 fully saturated rings. The molecule has 1 atom stereocenters. The number of aromatic amines is 1. The van der Waals surface area contributed by atoms with E-state index in [0.29, 0.717) is 29.4 Å². The van der Waals surface area contributed by atoms with Gasteiger partial charge in [0.25, 0.3) is 11.8 Å². The number of anilines is 1. The minimum atomic E-state index is -0.203. The third-order valence-electron chi connectivity index (χ3n) is 6.08. The van der Waals surface area contributed by atoms with Gasteiger partial charge in [-0.25, -0.2) is 0 Å². The summed E-state index contributed by atoms with van der Waals surface area (Å²) in [6, 6.07) is 16.4. The van der Waals surface area contributed by atoms with E-state index in [2.05, 4.69) is 4.98 Å². The summed E-state index contributed by atoms with van der Waals surface area (Å²) in [7, 11) is 3.41. The third-order valence-corrected chi connectivity index (χ3v) is 6.45. The Kier molecular flexibility index (Phi) is 4.82. The fourth-order valence-corrected chi connectivity index (χ4v) is 4.78. The Balaban J connectivity index is 1.57. The molecule has 7 heteroatoms. The summed E-state index contributed by atoms with van der Waals surface area (Å²) in [4.78, 5) is 32.2. The Morgan fingerprint density at radius 1 is 1.12 bits per heavy atom. The van der Waals surface area contributed by atoms with Crippen LogP contribution in [0.5, 0.6) is 5.75 Å². The largest absolute Gasteiger partial charge is 0.507 e. The van der Waals surface area contributed by atoms with Crippen LogP contribution in [0.4, 0.5) is 5.69 Å². The summed E-state index contributed by atoms with van der Waals surface area (Å²) in [5.74, 6) is 0.173. The molecular formula is C25H22ClN3O3. The fourth-order valence-electron chi connectivity index (χ4n) is 4.53. The van der Waals surface area contributed by atoms with Crippen molar-refractivity contribution in [1.82, 2.24) is 9.88 Å². The summed E-state index contributed by atoms with van der Waals surface area (Å²) < 4.78 is 0. The van der Waals surface area contributed by atoms with Crippen molar-refractivity contribution in [2.75, 3.05) is 31.4 Å². The number of H-pyrrole nitrogens is 1. The van der Waals surface area contributed by atoms with Crippen molar-refractivity contribution in [3.05, 3.63) is 71.4 Å². The lowest BCUT2D eigenvalue weighted by molar-refractivity contribution is 0.0827. The minimum absolute atomic E-state index is 0.0326. The summed E-state index contributed by atoms with van der Waals surface area (Å²) in [6.45, 7) is 0.435. The number of aromatic nitrogens is 1. The number of phenols is 1. The number of rotatable bonds is 3. The van der Waals surface area contributed by atoms with E-state index in [4.69, 9.17) is 11.6 Å². The van der Waals surface area contributed by atoms with Crippen LogP contribution < -0.4 is 4.90 Å². The molecule has 1 unspecified atom stereocenters. The molecule has 4 aromatic rings. The monoisotopic (exact) mass is 447 g/mol. The molecule has 1 aliphatic rings. The highest BCUT2D eigenvalue weighted by Gasteiger charge is 2.35. The van der Waals surface area contributed by atoms with Gasteiger partial charge in [-0.1, -0.05) is 24.3 Å². The number of halogens is 1. The SMILES string of the molecule is CN(C)C(=O)c1ccc2[nH]c(C(=O)N3CC(CCl)c4c3cc(O)c3ccccc43)cc2c1. The third kappa shape index (κ3) is 3.10. The maximum absolute atomic E-state index is 13.5. The van der Waals surface area contributed by atoms with E-state index in [-0.39, 0.29) is 23.5 Å². The molecule has 1 aromatic heterocycles.